The second kappa shape index (κ2) is 6.61. The minimum atomic E-state index is -3.33. The van der Waals surface area contributed by atoms with Crippen LogP contribution in [0.25, 0.3) is 0 Å². The van der Waals surface area contributed by atoms with Gasteiger partial charge in [0.1, 0.15) is 5.82 Å². The molecular weight excluding hydrogens is 369 g/mol. The summed E-state index contributed by atoms with van der Waals surface area (Å²) in [7, 11) is -3.33. The van der Waals surface area contributed by atoms with Crippen LogP contribution in [-0.4, -0.2) is 33.7 Å². The van der Waals surface area contributed by atoms with Crippen molar-refractivity contribution in [2.45, 2.75) is 19.4 Å². The first-order chi connectivity index (χ1) is 12.8. The largest absolute Gasteiger partial charge is 0.319 e. The summed E-state index contributed by atoms with van der Waals surface area (Å²) in [6.07, 6.45) is 2.30. The summed E-state index contributed by atoms with van der Waals surface area (Å²) >= 11 is 0. The monoisotopic (exact) mass is 389 g/mol. The number of rotatable bonds is 3. The van der Waals surface area contributed by atoms with E-state index in [0.29, 0.717) is 49.3 Å². The summed E-state index contributed by atoms with van der Waals surface area (Å²) in [6.45, 7) is 1.71. The van der Waals surface area contributed by atoms with E-state index in [1.165, 1.54) is 4.31 Å². The lowest BCUT2D eigenvalue weighted by atomic mass is 9.99. The standard InChI is InChI=1S/C19H20FN3O3S/c1-27(25,26)23-9-7-12-10-13(3-5-17(12)23)19(24)22-16-4-2-14-11-21-8-6-15(14)18(16)20/h2-5,10,21H,6-9,11H2,1H3,(H,22,24). The van der Waals surface area contributed by atoms with Crippen molar-refractivity contribution in [2.24, 2.45) is 0 Å². The van der Waals surface area contributed by atoms with Crippen molar-refractivity contribution in [3.05, 3.63) is 58.4 Å². The molecule has 0 aliphatic carbocycles. The van der Waals surface area contributed by atoms with Crippen LogP contribution < -0.4 is 14.9 Å². The first-order valence-corrected chi connectivity index (χ1v) is 10.6. The summed E-state index contributed by atoms with van der Waals surface area (Å²) in [5, 5.41) is 5.83. The number of amides is 1. The van der Waals surface area contributed by atoms with Crippen LogP contribution in [0.3, 0.4) is 0 Å². The zero-order valence-electron chi connectivity index (χ0n) is 14.9. The van der Waals surface area contributed by atoms with Crippen LogP contribution >= 0.6 is 0 Å². The smallest absolute Gasteiger partial charge is 0.255 e. The van der Waals surface area contributed by atoms with Gasteiger partial charge in [-0.05, 0) is 60.3 Å². The van der Waals surface area contributed by atoms with E-state index in [4.69, 9.17) is 0 Å². The van der Waals surface area contributed by atoms with E-state index in [9.17, 15) is 17.6 Å². The Morgan fingerprint density at radius 3 is 2.78 bits per heavy atom. The zero-order chi connectivity index (χ0) is 19.2. The molecule has 2 aliphatic heterocycles. The number of hydrogen-bond acceptors (Lipinski definition) is 4. The highest BCUT2D eigenvalue weighted by Gasteiger charge is 2.27. The van der Waals surface area contributed by atoms with Crippen LogP contribution in [0.4, 0.5) is 15.8 Å². The fraction of sp³-hybridized carbons (Fsp3) is 0.316. The van der Waals surface area contributed by atoms with Crippen LogP contribution in [0.5, 0.6) is 0 Å². The number of hydrogen-bond donors (Lipinski definition) is 2. The normalized spacial score (nSPS) is 16.0. The maximum Gasteiger partial charge on any atom is 0.255 e. The lowest BCUT2D eigenvalue weighted by molar-refractivity contribution is 0.102. The van der Waals surface area contributed by atoms with E-state index in [-0.39, 0.29) is 11.5 Å². The Labute approximate surface area is 157 Å². The minimum Gasteiger partial charge on any atom is -0.319 e. The van der Waals surface area contributed by atoms with Gasteiger partial charge in [-0.3, -0.25) is 9.10 Å². The van der Waals surface area contributed by atoms with Crippen LogP contribution in [0.2, 0.25) is 0 Å². The molecule has 2 aromatic rings. The fourth-order valence-electron chi connectivity index (χ4n) is 3.68. The Balaban J connectivity index is 1.58. The van der Waals surface area contributed by atoms with Crippen molar-refractivity contribution in [1.82, 2.24) is 5.32 Å². The average Bonchev–Trinajstić information content (AvgIpc) is 3.07. The van der Waals surface area contributed by atoms with Crippen molar-refractivity contribution in [2.75, 3.05) is 29.0 Å². The third kappa shape index (κ3) is 3.30. The number of halogens is 1. The van der Waals surface area contributed by atoms with Crippen molar-refractivity contribution in [3.63, 3.8) is 0 Å². The van der Waals surface area contributed by atoms with Crippen LogP contribution in [-0.2, 0) is 29.4 Å². The van der Waals surface area contributed by atoms with E-state index in [2.05, 4.69) is 10.6 Å². The Kier molecular flexibility index (Phi) is 4.39. The first-order valence-electron chi connectivity index (χ1n) is 8.77. The molecule has 4 rings (SSSR count). The highest BCUT2D eigenvalue weighted by atomic mass is 32.2. The second-order valence-electron chi connectivity index (χ2n) is 6.87. The van der Waals surface area contributed by atoms with Crippen molar-refractivity contribution in [1.29, 1.82) is 0 Å². The van der Waals surface area contributed by atoms with E-state index in [0.717, 1.165) is 17.4 Å². The summed E-state index contributed by atoms with van der Waals surface area (Å²) in [5.41, 5.74) is 3.49. The van der Waals surface area contributed by atoms with Gasteiger partial charge in [0.25, 0.3) is 5.91 Å². The molecule has 0 fully saturated rings. The predicted octanol–water partition coefficient (Wildman–Crippen LogP) is 2.05. The van der Waals surface area contributed by atoms with E-state index in [1.807, 2.05) is 6.07 Å². The molecule has 6 nitrogen and oxygen atoms in total. The number of sulfonamides is 1. The highest BCUT2D eigenvalue weighted by molar-refractivity contribution is 7.92. The average molecular weight is 389 g/mol. The molecule has 2 heterocycles. The number of carbonyl (C=O) groups excluding carboxylic acids is 1. The molecule has 0 aromatic heterocycles. The van der Waals surface area contributed by atoms with Crippen molar-refractivity contribution in [3.8, 4) is 0 Å². The number of anilines is 2. The number of nitrogens with zero attached hydrogens (tertiary/aromatic N) is 1. The van der Waals surface area contributed by atoms with Crippen LogP contribution in [0, 0.1) is 5.82 Å². The summed E-state index contributed by atoms with van der Waals surface area (Å²) in [4.78, 5) is 12.6. The number of carbonyl (C=O) groups is 1. The Morgan fingerprint density at radius 1 is 1.19 bits per heavy atom. The molecule has 0 bridgehead atoms. The molecule has 2 aliphatic rings. The minimum absolute atomic E-state index is 0.166. The molecular formula is C19H20FN3O3S. The Morgan fingerprint density at radius 2 is 2.00 bits per heavy atom. The van der Waals surface area contributed by atoms with Gasteiger partial charge in [-0.1, -0.05) is 6.07 Å². The van der Waals surface area contributed by atoms with E-state index < -0.39 is 15.9 Å². The van der Waals surface area contributed by atoms with Gasteiger partial charge >= 0.3 is 0 Å². The first kappa shape index (κ1) is 17.9. The third-order valence-corrected chi connectivity index (χ3v) is 6.23. The van der Waals surface area contributed by atoms with Gasteiger partial charge in [0.05, 0.1) is 17.6 Å². The quantitative estimate of drug-likeness (QED) is 0.842. The van der Waals surface area contributed by atoms with Crippen molar-refractivity contribution >= 4 is 27.3 Å². The molecule has 1 amide bonds. The number of benzene rings is 2. The fourth-order valence-corrected chi connectivity index (χ4v) is 4.64. The maximum atomic E-state index is 14.7. The van der Waals surface area contributed by atoms with Gasteiger partial charge in [-0.25, -0.2) is 12.8 Å². The lowest BCUT2D eigenvalue weighted by Gasteiger charge is -2.19. The van der Waals surface area contributed by atoms with Gasteiger partial charge in [-0.15, -0.1) is 0 Å². The van der Waals surface area contributed by atoms with Gasteiger partial charge in [0.15, 0.2) is 0 Å². The van der Waals surface area contributed by atoms with Gasteiger partial charge in [0, 0.05) is 18.7 Å². The summed E-state index contributed by atoms with van der Waals surface area (Å²) in [5.74, 6) is -0.796. The lowest BCUT2D eigenvalue weighted by Crippen LogP contribution is -2.27. The molecule has 27 heavy (non-hydrogen) atoms. The third-order valence-electron chi connectivity index (χ3n) is 5.05. The predicted molar refractivity (Wildman–Crippen MR) is 102 cm³/mol. The molecule has 0 radical (unpaired) electrons. The zero-order valence-corrected chi connectivity index (χ0v) is 15.7. The van der Waals surface area contributed by atoms with Crippen LogP contribution in [0.1, 0.15) is 27.0 Å². The Bertz CT molecular complexity index is 1040. The SMILES string of the molecule is CS(=O)(=O)N1CCc2cc(C(=O)Nc3ccc4c(c3F)CCNC4)ccc21. The van der Waals surface area contributed by atoms with Gasteiger partial charge in [0.2, 0.25) is 10.0 Å². The van der Waals surface area contributed by atoms with Crippen LogP contribution in [0.15, 0.2) is 30.3 Å². The van der Waals surface area contributed by atoms with E-state index >= 15 is 0 Å². The molecule has 0 atom stereocenters. The highest BCUT2D eigenvalue weighted by Crippen LogP contribution is 2.31. The molecule has 142 valence electrons. The molecule has 0 spiro atoms. The van der Waals surface area contributed by atoms with Gasteiger partial charge < -0.3 is 10.6 Å². The molecule has 8 heteroatoms. The van der Waals surface area contributed by atoms with Crippen molar-refractivity contribution < 1.29 is 17.6 Å². The molecule has 0 saturated carbocycles. The van der Waals surface area contributed by atoms with Gasteiger partial charge in [-0.2, -0.15) is 0 Å². The molecule has 0 unspecified atom stereocenters. The maximum absolute atomic E-state index is 14.7. The summed E-state index contributed by atoms with van der Waals surface area (Å²) in [6, 6.07) is 8.28. The number of fused-ring (bicyclic) bond motifs is 2. The topological polar surface area (TPSA) is 78.5 Å². The van der Waals surface area contributed by atoms with E-state index in [1.54, 1.807) is 24.3 Å². The molecule has 2 aromatic carbocycles. The molecule has 0 saturated heterocycles. The Hall–Kier alpha value is -2.45. The second-order valence-corrected chi connectivity index (χ2v) is 8.78. The number of nitrogens with one attached hydrogen (secondary N) is 2. The summed E-state index contributed by atoms with van der Waals surface area (Å²) < 4.78 is 39.7. The molecule has 2 N–H and O–H groups in total.